The van der Waals surface area contributed by atoms with Crippen molar-refractivity contribution in [3.05, 3.63) is 35.1 Å². The fourth-order valence-corrected chi connectivity index (χ4v) is 2.31. The van der Waals surface area contributed by atoms with Gasteiger partial charge in [-0.1, -0.05) is 6.92 Å². The topological polar surface area (TPSA) is 70.8 Å². The molecule has 0 unspecified atom stereocenters. The van der Waals surface area contributed by atoms with Gasteiger partial charge in [-0.05, 0) is 43.5 Å². The van der Waals surface area contributed by atoms with E-state index >= 15 is 0 Å². The van der Waals surface area contributed by atoms with Gasteiger partial charge in [0.15, 0.2) is 0 Å². The van der Waals surface area contributed by atoms with Crippen LogP contribution in [0.2, 0.25) is 0 Å². The highest BCUT2D eigenvalue weighted by Gasteiger charge is 2.22. The summed E-state index contributed by atoms with van der Waals surface area (Å²) in [6.45, 7) is 5.96. The first-order valence-electron chi connectivity index (χ1n) is 6.93. The van der Waals surface area contributed by atoms with Crippen molar-refractivity contribution in [2.24, 2.45) is 0 Å². The van der Waals surface area contributed by atoms with Crippen LogP contribution in [0.4, 0.5) is 0 Å². The van der Waals surface area contributed by atoms with Crippen LogP contribution in [-0.2, 0) is 4.79 Å². The number of carbonyl (C=O) groups is 2. The van der Waals surface area contributed by atoms with E-state index in [1.54, 1.807) is 0 Å². The molecule has 0 atom stereocenters. The highest BCUT2D eigenvalue weighted by atomic mass is 16.4. The van der Waals surface area contributed by atoms with E-state index in [-0.39, 0.29) is 12.5 Å². The molecule has 21 heavy (non-hydrogen) atoms. The Bertz CT molecular complexity index is 687. The molecule has 2 rings (SSSR count). The Labute approximate surface area is 123 Å². The highest BCUT2D eigenvalue weighted by molar-refractivity contribution is 6.06. The zero-order valence-electron chi connectivity index (χ0n) is 12.5. The fraction of sp³-hybridized carbons (Fsp3) is 0.375. The number of carboxylic acids is 1. The number of nitrogens with zero attached hydrogens (tertiary/aromatic N) is 1. The van der Waals surface area contributed by atoms with Gasteiger partial charge in [0.25, 0.3) is 5.91 Å². The molecule has 0 fully saturated rings. The van der Waals surface area contributed by atoms with Crippen molar-refractivity contribution in [2.75, 3.05) is 13.1 Å². The minimum Gasteiger partial charge on any atom is -0.480 e. The summed E-state index contributed by atoms with van der Waals surface area (Å²) in [6.07, 6.45) is 2.11. The molecule has 0 saturated heterocycles. The number of aliphatic carboxylic acids is 1. The highest BCUT2D eigenvalue weighted by Crippen LogP contribution is 2.25. The van der Waals surface area contributed by atoms with Crippen molar-refractivity contribution >= 4 is 22.8 Å². The van der Waals surface area contributed by atoms with Crippen molar-refractivity contribution in [3.8, 4) is 0 Å². The van der Waals surface area contributed by atoms with Crippen LogP contribution >= 0.6 is 0 Å². The van der Waals surface area contributed by atoms with E-state index < -0.39 is 5.97 Å². The smallest absolute Gasteiger partial charge is 0.323 e. The molecular formula is C16H19NO4. The van der Waals surface area contributed by atoms with Crippen molar-refractivity contribution in [3.63, 3.8) is 0 Å². The first-order chi connectivity index (χ1) is 9.93. The van der Waals surface area contributed by atoms with E-state index in [9.17, 15) is 9.59 Å². The van der Waals surface area contributed by atoms with Crippen LogP contribution in [0.15, 0.2) is 22.8 Å². The van der Waals surface area contributed by atoms with Crippen LogP contribution in [0.25, 0.3) is 11.0 Å². The van der Waals surface area contributed by atoms with Gasteiger partial charge < -0.3 is 14.4 Å². The second kappa shape index (κ2) is 5.99. The molecule has 112 valence electrons. The van der Waals surface area contributed by atoms with Crippen LogP contribution in [0.1, 0.15) is 34.8 Å². The number of amides is 1. The number of hydrogen-bond acceptors (Lipinski definition) is 3. The van der Waals surface area contributed by atoms with E-state index in [1.165, 1.54) is 11.2 Å². The molecule has 1 N–H and O–H groups in total. The van der Waals surface area contributed by atoms with E-state index in [1.807, 2.05) is 32.9 Å². The molecule has 0 aliphatic rings. The first-order valence-corrected chi connectivity index (χ1v) is 6.93. The van der Waals surface area contributed by atoms with E-state index in [4.69, 9.17) is 9.52 Å². The molecule has 0 aliphatic carbocycles. The molecular weight excluding hydrogens is 270 g/mol. The third-order valence-corrected chi connectivity index (χ3v) is 3.53. The minimum atomic E-state index is -1.02. The maximum atomic E-state index is 12.5. The number of carboxylic acid groups (broad SMARTS) is 1. The first kappa shape index (κ1) is 15.1. The quantitative estimate of drug-likeness (QED) is 0.918. The number of fused-ring (bicyclic) bond motifs is 1. The lowest BCUT2D eigenvalue weighted by atomic mass is 10.0. The lowest BCUT2D eigenvalue weighted by molar-refractivity contribution is -0.137. The molecule has 0 spiro atoms. The van der Waals surface area contributed by atoms with Crippen LogP contribution in [0.3, 0.4) is 0 Å². The van der Waals surface area contributed by atoms with Gasteiger partial charge in [0.05, 0.1) is 5.56 Å². The van der Waals surface area contributed by atoms with Crippen molar-refractivity contribution < 1.29 is 19.1 Å². The van der Waals surface area contributed by atoms with Crippen molar-refractivity contribution in [1.29, 1.82) is 0 Å². The Balaban J connectivity index is 2.42. The summed E-state index contributed by atoms with van der Waals surface area (Å²) in [5, 5.41) is 9.66. The molecule has 0 aliphatic heterocycles. The SMILES string of the molecule is CCCN(CC(=O)O)C(=O)c1coc2cc(C)c(C)cc12. The number of hydrogen-bond donors (Lipinski definition) is 1. The van der Waals surface area contributed by atoms with Crippen LogP contribution in [0.5, 0.6) is 0 Å². The number of furan rings is 1. The molecule has 0 radical (unpaired) electrons. The average Bonchev–Trinajstić information content (AvgIpc) is 2.80. The summed E-state index contributed by atoms with van der Waals surface area (Å²) in [5.41, 5.74) is 3.22. The summed E-state index contributed by atoms with van der Waals surface area (Å²) in [6, 6.07) is 3.80. The second-order valence-corrected chi connectivity index (χ2v) is 5.20. The number of carbonyl (C=O) groups excluding carboxylic acids is 1. The van der Waals surface area contributed by atoms with E-state index in [2.05, 4.69) is 0 Å². The third-order valence-electron chi connectivity index (χ3n) is 3.53. The lowest BCUT2D eigenvalue weighted by Crippen LogP contribution is -2.36. The molecule has 1 aromatic heterocycles. The van der Waals surface area contributed by atoms with Crippen LogP contribution < -0.4 is 0 Å². The van der Waals surface area contributed by atoms with Crippen molar-refractivity contribution in [1.82, 2.24) is 4.90 Å². The van der Waals surface area contributed by atoms with Crippen LogP contribution in [0, 0.1) is 13.8 Å². The molecule has 1 heterocycles. The molecule has 1 amide bonds. The van der Waals surface area contributed by atoms with E-state index in [0.717, 1.165) is 16.5 Å². The zero-order chi connectivity index (χ0) is 15.6. The normalized spacial score (nSPS) is 10.8. The molecule has 0 bridgehead atoms. The summed E-state index contributed by atoms with van der Waals surface area (Å²) in [5.74, 6) is -1.32. The van der Waals surface area contributed by atoms with Crippen molar-refractivity contribution in [2.45, 2.75) is 27.2 Å². The number of rotatable bonds is 5. The minimum absolute atomic E-state index is 0.301. The lowest BCUT2D eigenvalue weighted by Gasteiger charge is -2.19. The monoisotopic (exact) mass is 289 g/mol. The molecule has 2 aromatic rings. The van der Waals surface area contributed by atoms with Crippen LogP contribution in [-0.4, -0.2) is 35.0 Å². The summed E-state index contributed by atoms with van der Waals surface area (Å²) in [7, 11) is 0. The maximum absolute atomic E-state index is 12.5. The predicted molar refractivity (Wildman–Crippen MR) is 79.5 cm³/mol. The standard InChI is InChI=1S/C16H19NO4/c1-4-5-17(8-15(18)19)16(20)13-9-21-14-7-11(3)10(2)6-12(13)14/h6-7,9H,4-5,8H2,1-3H3,(H,18,19). The Hall–Kier alpha value is -2.30. The van der Waals surface area contributed by atoms with Gasteiger partial charge >= 0.3 is 5.97 Å². The van der Waals surface area contributed by atoms with Gasteiger partial charge in [0.2, 0.25) is 0 Å². The second-order valence-electron chi connectivity index (χ2n) is 5.20. The largest absolute Gasteiger partial charge is 0.480 e. The molecule has 5 heteroatoms. The molecule has 0 saturated carbocycles. The Kier molecular flexibility index (Phi) is 4.31. The van der Waals surface area contributed by atoms with Gasteiger partial charge in [0.1, 0.15) is 18.4 Å². The van der Waals surface area contributed by atoms with Gasteiger partial charge in [-0.3, -0.25) is 9.59 Å². The van der Waals surface area contributed by atoms with Gasteiger partial charge in [0, 0.05) is 11.9 Å². The number of aryl methyl sites for hydroxylation is 2. The molecule has 1 aromatic carbocycles. The Morgan fingerprint density at radius 2 is 1.90 bits per heavy atom. The summed E-state index contributed by atoms with van der Waals surface area (Å²) >= 11 is 0. The van der Waals surface area contributed by atoms with Gasteiger partial charge in [-0.25, -0.2) is 0 Å². The van der Waals surface area contributed by atoms with E-state index in [0.29, 0.717) is 24.1 Å². The number of benzene rings is 1. The Morgan fingerprint density at radius 1 is 1.24 bits per heavy atom. The van der Waals surface area contributed by atoms with Gasteiger partial charge in [-0.15, -0.1) is 0 Å². The Morgan fingerprint density at radius 3 is 2.52 bits per heavy atom. The zero-order valence-corrected chi connectivity index (χ0v) is 12.5. The fourth-order valence-electron chi connectivity index (χ4n) is 2.31. The molecule has 5 nitrogen and oxygen atoms in total. The maximum Gasteiger partial charge on any atom is 0.323 e. The average molecular weight is 289 g/mol. The third kappa shape index (κ3) is 3.07. The summed E-state index contributed by atoms with van der Waals surface area (Å²) < 4.78 is 5.44. The predicted octanol–water partition coefficient (Wildman–Crippen LogP) is 2.99. The summed E-state index contributed by atoms with van der Waals surface area (Å²) in [4.78, 5) is 24.8. The van der Waals surface area contributed by atoms with Gasteiger partial charge in [-0.2, -0.15) is 0 Å².